The van der Waals surface area contributed by atoms with E-state index in [1.807, 2.05) is 0 Å². The molecule has 0 saturated carbocycles. The minimum Gasteiger partial charge on any atom is -0.504 e. The summed E-state index contributed by atoms with van der Waals surface area (Å²) in [6.45, 7) is 0. The van der Waals surface area contributed by atoms with Crippen molar-refractivity contribution in [2.24, 2.45) is 5.73 Å². The number of aliphatic hydroxyl groups excluding tert-OH is 2. The number of primary amides is 1. The van der Waals surface area contributed by atoms with Gasteiger partial charge in [0.05, 0.1) is 0 Å². The Balaban J connectivity index is 3.11. The third-order valence-corrected chi connectivity index (χ3v) is 1.50. The van der Waals surface area contributed by atoms with Crippen molar-refractivity contribution in [3.63, 3.8) is 0 Å². The van der Waals surface area contributed by atoms with Crippen molar-refractivity contribution in [2.75, 3.05) is 0 Å². The first-order valence-corrected chi connectivity index (χ1v) is 3.60. The van der Waals surface area contributed by atoms with Gasteiger partial charge in [-0.2, -0.15) is 0 Å². The molecule has 4 N–H and O–H groups in total. The molecule has 0 fully saturated rings. The predicted molar refractivity (Wildman–Crippen MR) is 47.8 cm³/mol. The van der Waals surface area contributed by atoms with Gasteiger partial charge in [0.1, 0.15) is 0 Å². The maximum Gasteiger partial charge on any atom is 0.287 e. The molecule has 0 aliphatic carbocycles. The number of benzene rings is 1. The van der Waals surface area contributed by atoms with E-state index in [0.29, 0.717) is 5.56 Å². The van der Waals surface area contributed by atoms with Gasteiger partial charge in [-0.1, -0.05) is 30.3 Å². The van der Waals surface area contributed by atoms with Crippen LogP contribution in [0.4, 0.5) is 0 Å². The summed E-state index contributed by atoms with van der Waals surface area (Å²) in [5.74, 6) is -2.39. The molecule has 1 aromatic carbocycles. The first kappa shape index (κ1) is 9.12. The predicted octanol–water partition coefficient (Wildman–Crippen LogP) is 0.957. The minimum absolute atomic E-state index is 0.346. The zero-order chi connectivity index (χ0) is 9.84. The summed E-state index contributed by atoms with van der Waals surface area (Å²) < 4.78 is 0. The number of amides is 1. The lowest BCUT2D eigenvalue weighted by Gasteiger charge is -2.00. The SMILES string of the molecule is NC(=O)C(O)=C(O)c1ccccc1. The van der Waals surface area contributed by atoms with Crippen LogP contribution in [0.15, 0.2) is 36.1 Å². The molecule has 0 heterocycles. The average Bonchev–Trinajstić information content (AvgIpc) is 2.17. The number of carbonyl (C=O) groups excluding carboxylic acids is 1. The van der Waals surface area contributed by atoms with Crippen molar-refractivity contribution < 1.29 is 15.0 Å². The number of aliphatic hydroxyl groups is 2. The van der Waals surface area contributed by atoms with Crippen LogP contribution in [0.1, 0.15) is 5.56 Å². The second kappa shape index (κ2) is 3.62. The Labute approximate surface area is 74.9 Å². The van der Waals surface area contributed by atoms with Gasteiger partial charge in [0.25, 0.3) is 5.91 Å². The lowest BCUT2D eigenvalue weighted by atomic mass is 10.1. The molecular formula is C9H9NO3. The van der Waals surface area contributed by atoms with Gasteiger partial charge in [-0.05, 0) is 0 Å². The van der Waals surface area contributed by atoms with Gasteiger partial charge in [-0.25, -0.2) is 0 Å². The molecule has 0 atom stereocenters. The smallest absolute Gasteiger partial charge is 0.287 e. The van der Waals surface area contributed by atoms with Crippen LogP contribution in [-0.4, -0.2) is 16.1 Å². The molecule has 4 heteroatoms. The normalized spacial score (nSPS) is 12.0. The maximum atomic E-state index is 10.5. The number of hydrogen-bond acceptors (Lipinski definition) is 3. The van der Waals surface area contributed by atoms with Crippen molar-refractivity contribution in [3.05, 3.63) is 41.7 Å². The molecule has 1 aromatic rings. The zero-order valence-corrected chi connectivity index (χ0v) is 6.77. The highest BCUT2D eigenvalue weighted by atomic mass is 16.3. The summed E-state index contributed by atoms with van der Waals surface area (Å²) in [5.41, 5.74) is 5.11. The van der Waals surface area contributed by atoms with Gasteiger partial charge in [0.15, 0.2) is 5.76 Å². The van der Waals surface area contributed by atoms with Gasteiger partial charge in [-0.15, -0.1) is 0 Å². The van der Waals surface area contributed by atoms with Gasteiger partial charge in [-0.3, -0.25) is 4.79 Å². The molecule has 0 aliphatic heterocycles. The Hall–Kier alpha value is -1.97. The fraction of sp³-hybridized carbons (Fsp3) is 0. The molecular weight excluding hydrogens is 170 g/mol. The van der Waals surface area contributed by atoms with E-state index in [9.17, 15) is 9.90 Å². The van der Waals surface area contributed by atoms with Gasteiger partial charge >= 0.3 is 0 Å². The quantitative estimate of drug-likeness (QED) is 0.467. The van der Waals surface area contributed by atoms with E-state index >= 15 is 0 Å². The van der Waals surface area contributed by atoms with E-state index in [1.54, 1.807) is 30.3 Å². The number of rotatable bonds is 2. The molecule has 0 bridgehead atoms. The third-order valence-electron chi connectivity index (χ3n) is 1.50. The molecule has 1 rings (SSSR count). The van der Waals surface area contributed by atoms with E-state index in [1.165, 1.54) is 0 Å². The van der Waals surface area contributed by atoms with Crippen LogP contribution in [-0.2, 0) is 4.79 Å². The van der Waals surface area contributed by atoms with Crippen LogP contribution in [0.5, 0.6) is 0 Å². The van der Waals surface area contributed by atoms with E-state index < -0.39 is 17.4 Å². The Bertz CT molecular complexity index is 343. The average molecular weight is 179 g/mol. The number of nitrogens with two attached hydrogens (primary N) is 1. The van der Waals surface area contributed by atoms with Gasteiger partial charge in [0, 0.05) is 5.56 Å². The number of hydrogen-bond donors (Lipinski definition) is 3. The molecule has 13 heavy (non-hydrogen) atoms. The standard InChI is InChI=1S/C9H9NO3/c10-9(13)8(12)7(11)6-4-2-1-3-5-6/h1-5,11-12H,(H2,10,13). The zero-order valence-electron chi connectivity index (χ0n) is 6.77. The van der Waals surface area contributed by atoms with Crippen LogP contribution < -0.4 is 5.73 Å². The fourth-order valence-corrected chi connectivity index (χ4v) is 0.849. The summed E-state index contributed by atoms with van der Waals surface area (Å²) in [6, 6.07) is 8.18. The Morgan fingerprint density at radius 3 is 2.15 bits per heavy atom. The van der Waals surface area contributed by atoms with E-state index in [4.69, 9.17) is 10.8 Å². The molecule has 0 saturated heterocycles. The molecule has 68 valence electrons. The van der Waals surface area contributed by atoms with Crippen molar-refractivity contribution in [1.29, 1.82) is 0 Å². The highest BCUT2D eigenvalue weighted by Crippen LogP contribution is 2.13. The Morgan fingerprint density at radius 2 is 1.69 bits per heavy atom. The molecule has 0 spiro atoms. The summed E-state index contributed by atoms with van der Waals surface area (Å²) in [4.78, 5) is 10.5. The van der Waals surface area contributed by atoms with E-state index in [2.05, 4.69) is 0 Å². The summed E-state index contributed by atoms with van der Waals surface area (Å²) in [6.07, 6.45) is 0. The first-order chi connectivity index (χ1) is 6.13. The van der Waals surface area contributed by atoms with Crippen molar-refractivity contribution in [2.45, 2.75) is 0 Å². The molecule has 4 nitrogen and oxygen atoms in total. The molecule has 0 aliphatic rings. The lowest BCUT2D eigenvalue weighted by molar-refractivity contribution is -0.116. The second-order valence-electron chi connectivity index (χ2n) is 2.43. The minimum atomic E-state index is -1.05. The molecule has 0 aromatic heterocycles. The van der Waals surface area contributed by atoms with E-state index in [0.717, 1.165) is 0 Å². The van der Waals surface area contributed by atoms with Crippen molar-refractivity contribution in [3.8, 4) is 0 Å². The fourth-order valence-electron chi connectivity index (χ4n) is 0.849. The summed E-state index contributed by atoms with van der Waals surface area (Å²) in [7, 11) is 0. The van der Waals surface area contributed by atoms with Crippen LogP contribution in [0, 0.1) is 0 Å². The largest absolute Gasteiger partial charge is 0.504 e. The maximum absolute atomic E-state index is 10.5. The highest BCUT2D eigenvalue weighted by molar-refractivity contribution is 5.95. The third kappa shape index (κ3) is 1.99. The number of carbonyl (C=O) groups is 1. The highest BCUT2D eigenvalue weighted by Gasteiger charge is 2.10. The Kier molecular flexibility index (Phi) is 2.54. The molecule has 0 unspecified atom stereocenters. The topological polar surface area (TPSA) is 83.6 Å². The van der Waals surface area contributed by atoms with E-state index in [-0.39, 0.29) is 0 Å². The van der Waals surface area contributed by atoms with Crippen LogP contribution >= 0.6 is 0 Å². The van der Waals surface area contributed by atoms with Crippen LogP contribution in [0.2, 0.25) is 0 Å². The van der Waals surface area contributed by atoms with Gasteiger partial charge < -0.3 is 15.9 Å². The van der Waals surface area contributed by atoms with Crippen molar-refractivity contribution in [1.82, 2.24) is 0 Å². The van der Waals surface area contributed by atoms with Crippen LogP contribution in [0.25, 0.3) is 5.76 Å². The van der Waals surface area contributed by atoms with Crippen LogP contribution in [0.3, 0.4) is 0 Å². The summed E-state index contributed by atoms with van der Waals surface area (Å²) >= 11 is 0. The Morgan fingerprint density at radius 1 is 1.15 bits per heavy atom. The van der Waals surface area contributed by atoms with Crippen molar-refractivity contribution >= 4 is 11.7 Å². The summed E-state index contributed by atoms with van der Waals surface area (Å²) in [5, 5.41) is 18.3. The first-order valence-electron chi connectivity index (χ1n) is 3.60. The second-order valence-corrected chi connectivity index (χ2v) is 2.43. The monoisotopic (exact) mass is 179 g/mol. The van der Waals surface area contributed by atoms with Gasteiger partial charge in [0.2, 0.25) is 5.76 Å². The molecule has 1 amide bonds. The molecule has 0 radical (unpaired) electrons. The lowest BCUT2D eigenvalue weighted by Crippen LogP contribution is -2.15.